The van der Waals surface area contributed by atoms with E-state index < -0.39 is 120 Å². The van der Waals surface area contributed by atoms with E-state index in [-0.39, 0.29) is 20.3 Å². The van der Waals surface area contributed by atoms with E-state index in [1.54, 1.807) is 6.92 Å². The van der Waals surface area contributed by atoms with Crippen LogP contribution in [0.25, 0.3) is 0 Å². The number of aromatic amines is 3. The number of hydrogen-bond donors (Lipinski definition) is 10. The number of alkyl halides is 2. The molecule has 78 heavy (non-hydrogen) atoms. The minimum atomic E-state index is -5.78. The predicted molar refractivity (Wildman–Crippen MR) is 260 cm³/mol. The zero-order chi connectivity index (χ0) is 57.8. The second kappa shape index (κ2) is 28.1. The number of aromatic nitrogens is 16. The summed E-state index contributed by atoms with van der Waals surface area (Å²) in [6.07, 6.45) is 1.71. The molecule has 2 aliphatic heterocycles. The summed E-state index contributed by atoms with van der Waals surface area (Å²) in [5.41, 5.74) is -6.84. The van der Waals surface area contributed by atoms with Crippen molar-refractivity contribution in [1.29, 1.82) is 0 Å². The van der Waals surface area contributed by atoms with Gasteiger partial charge in [0.15, 0.2) is 24.8 Å². The molecule has 47 heteroatoms. The molecule has 37 nitrogen and oxygen atoms in total. The molecule has 0 amide bonds. The van der Waals surface area contributed by atoms with Crippen molar-refractivity contribution in [2.45, 2.75) is 82.3 Å². The summed E-state index contributed by atoms with van der Waals surface area (Å²) in [5, 5.41) is 43.7. The number of aliphatic hydroxyl groups is 3. The Morgan fingerprint density at radius 1 is 0.679 bits per heavy atom. The molecule has 2 aliphatic rings. The smallest absolute Gasteiger partial charge is 0.393 e. The number of nitrogens with one attached hydrogen (secondary N) is 3. The molecule has 0 radical (unpaired) electrons. The van der Waals surface area contributed by atoms with Crippen LogP contribution in [0.15, 0.2) is 94.3 Å². The average molecular weight is 1280 g/mol. The maximum Gasteiger partial charge on any atom is 0.490 e. The first-order valence-electron chi connectivity index (χ1n) is 20.4. The van der Waals surface area contributed by atoms with Crippen molar-refractivity contribution in [2.75, 3.05) is 13.2 Å². The monoisotopic (exact) mass is 1280 g/mol. The molecule has 10 atom stereocenters. The first-order valence-corrected chi connectivity index (χ1v) is 30.9. The molecule has 6 aromatic rings. The molecule has 8 rings (SSSR count). The third-order valence-electron chi connectivity index (χ3n) is 9.89. The van der Waals surface area contributed by atoms with Gasteiger partial charge in [-0.3, -0.25) is 42.9 Å². The van der Waals surface area contributed by atoms with Crippen molar-refractivity contribution >= 4 is 70.0 Å². The number of halogens is 5. The highest BCUT2D eigenvalue weighted by Gasteiger charge is 2.57. The normalized spacial score (nSPS) is 24.4. The van der Waals surface area contributed by atoms with Crippen LogP contribution in [0.4, 0.5) is 8.78 Å². The van der Waals surface area contributed by atoms with Gasteiger partial charge in [0.2, 0.25) is 0 Å². The fourth-order valence-electron chi connectivity index (χ4n) is 6.32. The van der Waals surface area contributed by atoms with Gasteiger partial charge in [0.05, 0.1) is 13.2 Å². The largest absolute Gasteiger partial charge is 0.490 e. The predicted octanol–water partition coefficient (Wildman–Crippen LogP) is 0.928. The van der Waals surface area contributed by atoms with Crippen molar-refractivity contribution in [3.63, 3.8) is 0 Å². The number of ether oxygens (including phenoxy) is 2. The van der Waals surface area contributed by atoms with E-state index in [9.17, 15) is 71.0 Å². The van der Waals surface area contributed by atoms with Crippen LogP contribution in [0, 0.1) is 0 Å². The van der Waals surface area contributed by atoms with Crippen molar-refractivity contribution in [2.24, 2.45) is 0 Å². The quantitative estimate of drug-likeness (QED) is 0.0639. The number of phosphoric ester groups is 1. The van der Waals surface area contributed by atoms with Gasteiger partial charge in [-0.2, -0.15) is 42.4 Å². The number of hydrogen-bond acceptors (Lipinski definition) is 25. The van der Waals surface area contributed by atoms with Gasteiger partial charge in [0, 0.05) is 24.5 Å². The van der Waals surface area contributed by atoms with E-state index in [1.807, 2.05) is 9.97 Å². The third-order valence-corrected chi connectivity index (χ3v) is 15.9. The maximum absolute atomic E-state index is 14.7. The average Bonchev–Trinajstić information content (AvgIpc) is 4.21. The maximum atomic E-state index is 14.7. The zero-order valence-electron chi connectivity index (χ0n) is 38.5. The van der Waals surface area contributed by atoms with Gasteiger partial charge >= 0.3 is 47.6 Å². The second-order valence-corrected chi connectivity index (χ2v) is 28.0. The van der Waals surface area contributed by atoms with Crippen molar-refractivity contribution in [1.82, 2.24) is 77.9 Å². The number of H-pyrrole nitrogens is 3. The minimum Gasteiger partial charge on any atom is -0.393 e. The zero-order valence-corrected chi connectivity index (χ0v) is 45.2. The van der Waals surface area contributed by atoms with Crippen LogP contribution in [-0.4, -0.2) is 162 Å². The van der Waals surface area contributed by atoms with E-state index in [4.69, 9.17) is 24.2 Å². The lowest BCUT2D eigenvalue weighted by Gasteiger charge is -2.30. The van der Waals surface area contributed by atoms with Crippen molar-refractivity contribution in [3.05, 3.63) is 117 Å². The van der Waals surface area contributed by atoms with Crippen LogP contribution in [0.5, 0.6) is 0 Å². The van der Waals surface area contributed by atoms with Crippen molar-refractivity contribution in [3.8, 4) is 0 Å². The molecule has 436 valence electrons. The molecule has 0 spiro atoms. The summed E-state index contributed by atoms with van der Waals surface area (Å²) in [4.78, 5) is 99.9. The Bertz CT molecular complexity index is 3180. The summed E-state index contributed by atoms with van der Waals surface area (Å²) in [7, 11) is -20.4. The highest BCUT2D eigenvalue weighted by Crippen LogP contribution is 2.66. The lowest BCUT2D eigenvalue weighted by Crippen LogP contribution is -2.45. The summed E-state index contributed by atoms with van der Waals surface area (Å²) >= 11 is 13.8. The first-order chi connectivity index (χ1) is 35.8. The van der Waals surface area contributed by atoms with Gasteiger partial charge in [-0.05, 0) is 46.6 Å². The SMILES string of the molecule is C.CC[C@]1(CO)O[C@@H](n2ccc(=O)[nH]c2=O)[C@H](F)[C@@H]1O.CC[C@]1(COP(=O)(O)OP(=O)(O)OP(=O)(O)O)O[C@@H](n2ccc(=O)[nH]c2=O)[C@H](F)[C@@H]1O.O=P(Cl)(Cl)Cl.O=P(n1cncn1)(n1cncn1)n1cncn1.c1nc[nH]n1. The standard InChI is InChI=1S/C11H18FN2O14P3.C11H15FN2O5.C6H6N9OP.C2H3N3.CH4.Cl3OP/c1-2-11(5-25-30(21,22)28-31(23,24)27-29(18,19)20)8(16)7(12)9(26-11)14-4-3-6(15)13-10(14)17;1-2-11(5-15)8(17)7(12)9(19-11)14-4-3-6(16)13-10(14)18;16-17(13-4-7-1-10-13,14-5-8-2-11-14)15-6-9-3-12-15;1-3-2-5-4-1;;1-5(2,3)4/h3-4,7-9,16H,2,5H2,1H3,(H,21,22)(H,23,24)(H,13,15,17)(H2,18,19,20);3-4,7-9,15,17H,2,5H2,1H3,(H,13,16,18);1-6H;1-2H,(H,3,4,5);1H4;/t2*7-,8+,9-,11-;;;;/m11..../s1. The summed E-state index contributed by atoms with van der Waals surface area (Å²) in [6.45, 7) is 1.27. The van der Waals surface area contributed by atoms with Crippen LogP contribution in [0.2, 0.25) is 0 Å². The van der Waals surface area contributed by atoms with Crippen LogP contribution >= 0.6 is 70.0 Å². The minimum absolute atomic E-state index is 0. The topological polar surface area (TPSA) is 517 Å². The van der Waals surface area contributed by atoms with Gasteiger partial charge in [-0.25, -0.2) is 56.6 Å². The molecule has 10 N–H and O–H groups in total. The molecular weight excluding hydrogens is 1230 g/mol. The Hall–Kier alpha value is -4.68. The lowest BCUT2D eigenvalue weighted by molar-refractivity contribution is -0.130. The Morgan fingerprint density at radius 3 is 1.38 bits per heavy atom. The van der Waals surface area contributed by atoms with Crippen LogP contribution in [0.1, 0.15) is 46.6 Å². The molecule has 2 unspecified atom stereocenters. The summed E-state index contributed by atoms with van der Waals surface area (Å²) < 4.78 is 112. The van der Waals surface area contributed by atoms with Crippen LogP contribution in [0.3, 0.4) is 0 Å². The number of aliphatic hydroxyl groups excluding tert-OH is 3. The van der Waals surface area contributed by atoms with E-state index >= 15 is 0 Å². The molecule has 2 fully saturated rings. The van der Waals surface area contributed by atoms with E-state index in [2.05, 4.69) is 92.3 Å². The molecule has 0 aromatic carbocycles. The van der Waals surface area contributed by atoms with Gasteiger partial charge in [-0.1, -0.05) is 21.3 Å². The highest BCUT2D eigenvalue weighted by molar-refractivity contribution is 8.24. The van der Waals surface area contributed by atoms with Gasteiger partial charge < -0.3 is 44.4 Å². The second-order valence-electron chi connectivity index (χ2n) is 14.7. The molecular formula is C31H46Cl3F2N16O21P5. The van der Waals surface area contributed by atoms with Crippen LogP contribution in [-0.2, 0) is 45.4 Å². The number of rotatable bonds is 15. The molecule has 0 saturated carbocycles. The molecule has 8 heterocycles. The van der Waals surface area contributed by atoms with E-state index in [0.29, 0.717) is 4.57 Å². The Balaban J connectivity index is 0.000000291. The van der Waals surface area contributed by atoms with E-state index in [1.165, 1.54) is 70.9 Å². The first kappa shape index (κ1) is 67.6. The summed E-state index contributed by atoms with van der Waals surface area (Å²) in [5.74, 6) is 0. The molecule has 0 bridgehead atoms. The molecule has 0 aliphatic carbocycles. The summed E-state index contributed by atoms with van der Waals surface area (Å²) in [6, 6.07) is 1.93. The van der Waals surface area contributed by atoms with Gasteiger partial charge in [0.25, 0.3) is 11.1 Å². The van der Waals surface area contributed by atoms with Gasteiger partial charge in [-0.15, -0.1) is 0 Å². The highest BCUT2D eigenvalue weighted by atomic mass is 36.0. The van der Waals surface area contributed by atoms with Crippen molar-refractivity contribution < 1.29 is 89.1 Å². The molecule has 2 saturated heterocycles. The Morgan fingerprint density at radius 2 is 1.09 bits per heavy atom. The number of nitrogens with zero attached hydrogens (tertiary/aromatic N) is 13. The third kappa shape index (κ3) is 18.2. The Labute approximate surface area is 447 Å². The fourth-order valence-corrected chi connectivity index (χ4v) is 11.1. The van der Waals surface area contributed by atoms with Gasteiger partial charge in [0.1, 0.15) is 74.0 Å². The lowest BCUT2D eigenvalue weighted by atomic mass is 9.94. The molecule has 6 aromatic heterocycles. The Kier molecular flexibility index (Phi) is 24.4. The number of phosphoric acid groups is 3. The van der Waals surface area contributed by atoms with Crippen LogP contribution < -0.4 is 22.5 Å². The fraction of sp³-hybridized carbons (Fsp3) is 0.484. The van der Waals surface area contributed by atoms with E-state index in [0.717, 1.165) is 29.1 Å².